The summed E-state index contributed by atoms with van der Waals surface area (Å²) >= 11 is 0. The molecule has 5 fully saturated rings. The Morgan fingerprint density at radius 2 is 1.16 bits per heavy atom. The Bertz CT molecular complexity index is 857. The highest BCUT2D eigenvalue weighted by atomic mass is 16.7. The molecule has 1 heterocycles. The topological polar surface area (TPSA) is 38.7 Å². The minimum absolute atomic E-state index is 0.183. The van der Waals surface area contributed by atoms with Crippen molar-refractivity contribution in [3.63, 3.8) is 0 Å². The third kappa shape index (κ3) is 9.32. The molecule has 1 aliphatic heterocycles. The fourth-order valence-electron chi connectivity index (χ4n) is 12.2. The molecule has 0 bridgehead atoms. The van der Waals surface area contributed by atoms with Crippen molar-refractivity contribution < 1.29 is 14.6 Å². The van der Waals surface area contributed by atoms with Crippen molar-refractivity contribution in [2.45, 2.75) is 182 Å². The molecule has 0 aromatic carbocycles. The molecular weight excluding hydrogens is 552 g/mol. The number of hydrogen-bond donors (Lipinski definition) is 1. The summed E-state index contributed by atoms with van der Waals surface area (Å²) in [4.78, 5) is 0. The quantitative estimate of drug-likeness (QED) is 0.337. The lowest BCUT2D eigenvalue weighted by molar-refractivity contribution is -0.210. The molecule has 5 aliphatic rings. The fraction of sp³-hybridized carbons (Fsp3) is 1.00. The van der Waals surface area contributed by atoms with E-state index in [4.69, 9.17) is 9.47 Å². The molecule has 0 amide bonds. The van der Waals surface area contributed by atoms with Gasteiger partial charge in [-0.1, -0.05) is 119 Å². The average Bonchev–Trinajstić information content (AvgIpc) is 3.41. The van der Waals surface area contributed by atoms with E-state index in [1.54, 1.807) is 0 Å². The maximum absolute atomic E-state index is 9.33. The van der Waals surface area contributed by atoms with E-state index < -0.39 is 0 Å². The van der Waals surface area contributed by atoms with Crippen LogP contribution >= 0.6 is 0 Å². The zero-order valence-electron chi connectivity index (χ0n) is 30.8. The molecular formula is C42H76O3. The van der Waals surface area contributed by atoms with Gasteiger partial charge in [0.05, 0.1) is 12.7 Å². The van der Waals surface area contributed by atoms with Crippen molar-refractivity contribution in [1.29, 1.82) is 0 Å². The largest absolute Gasteiger partial charge is 0.396 e. The molecule has 3 heteroatoms. The number of fused-ring (bicyclic) bond motifs is 3. The van der Waals surface area contributed by atoms with E-state index in [-0.39, 0.29) is 18.5 Å². The second-order valence-electron chi connectivity index (χ2n) is 18.2. The monoisotopic (exact) mass is 629 g/mol. The maximum Gasteiger partial charge on any atom is 0.169 e. The van der Waals surface area contributed by atoms with Gasteiger partial charge >= 0.3 is 0 Å². The summed E-state index contributed by atoms with van der Waals surface area (Å²) in [5.74, 6) is 10.2. The van der Waals surface area contributed by atoms with Crippen molar-refractivity contribution in [2.75, 3.05) is 13.2 Å². The normalized spacial score (nSPS) is 46.1. The van der Waals surface area contributed by atoms with E-state index >= 15 is 0 Å². The first-order valence-corrected chi connectivity index (χ1v) is 20.6. The van der Waals surface area contributed by atoms with E-state index in [2.05, 4.69) is 41.5 Å². The summed E-state index contributed by atoms with van der Waals surface area (Å²) in [7, 11) is 0. The van der Waals surface area contributed by atoms with Gasteiger partial charge in [0.2, 0.25) is 0 Å². The molecule has 5 rings (SSSR count). The predicted octanol–water partition coefficient (Wildman–Crippen LogP) is 11.5. The Labute approximate surface area is 280 Å². The lowest BCUT2D eigenvalue weighted by Gasteiger charge is -2.46. The van der Waals surface area contributed by atoms with Gasteiger partial charge in [0, 0.05) is 19.4 Å². The molecule has 262 valence electrons. The molecule has 1 spiro atoms. The molecule has 45 heavy (non-hydrogen) atoms. The van der Waals surface area contributed by atoms with Crippen LogP contribution in [0, 0.1) is 71.0 Å². The number of aliphatic hydroxyl groups is 1. The minimum atomic E-state index is -0.332. The highest BCUT2D eigenvalue weighted by molar-refractivity contribution is 4.93. The van der Waals surface area contributed by atoms with Crippen molar-refractivity contribution in [3.05, 3.63) is 0 Å². The Hall–Kier alpha value is -0.120. The first-order chi connectivity index (χ1) is 21.7. The zero-order valence-corrected chi connectivity index (χ0v) is 30.8. The van der Waals surface area contributed by atoms with Gasteiger partial charge in [0.1, 0.15) is 0 Å². The lowest BCUT2D eigenvalue weighted by atomic mass is 9.63. The van der Waals surface area contributed by atoms with Crippen LogP contribution in [-0.4, -0.2) is 30.2 Å². The van der Waals surface area contributed by atoms with Crippen LogP contribution in [0.4, 0.5) is 0 Å². The van der Waals surface area contributed by atoms with E-state index in [1.165, 1.54) is 103 Å². The first-order valence-electron chi connectivity index (χ1n) is 20.6. The Morgan fingerprint density at radius 1 is 0.622 bits per heavy atom. The molecule has 13 unspecified atom stereocenters. The highest BCUT2D eigenvalue weighted by Crippen LogP contribution is 2.51. The van der Waals surface area contributed by atoms with Crippen molar-refractivity contribution >= 4 is 0 Å². The van der Waals surface area contributed by atoms with Crippen LogP contribution in [0.5, 0.6) is 0 Å². The van der Waals surface area contributed by atoms with E-state index in [0.717, 1.165) is 103 Å². The van der Waals surface area contributed by atoms with Gasteiger partial charge in [-0.05, 0) is 110 Å². The van der Waals surface area contributed by atoms with Crippen LogP contribution in [0.3, 0.4) is 0 Å². The average molecular weight is 629 g/mol. The number of aliphatic hydroxyl groups excluding tert-OH is 1. The molecule has 13 atom stereocenters. The van der Waals surface area contributed by atoms with Crippen LogP contribution in [0.1, 0.15) is 170 Å². The molecule has 1 N–H and O–H groups in total. The van der Waals surface area contributed by atoms with Gasteiger partial charge in [-0.15, -0.1) is 0 Å². The van der Waals surface area contributed by atoms with E-state index in [1.807, 2.05) is 0 Å². The van der Waals surface area contributed by atoms with Gasteiger partial charge < -0.3 is 14.6 Å². The molecule has 0 radical (unpaired) electrons. The predicted molar refractivity (Wildman–Crippen MR) is 189 cm³/mol. The number of hydrogen-bond acceptors (Lipinski definition) is 3. The van der Waals surface area contributed by atoms with Crippen LogP contribution < -0.4 is 0 Å². The summed E-state index contributed by atoms with van der Waals surface area (Å²) in [6, 6.07) is 0. The van der Waals surface area contributed by atoms with Crippen molar-refractivity contribution in [1.82, 2.24) is 0 Å². The summed E-state index contributed by atoms with van der Waals surface area (Å²) in [5.41, 5.74) is 0. The molecule has 0 aromatic heterocycles. The van der Waals surface area contributed by atoms with E-state index in [0.29, 0.717) is 0 Å². The number of rotatable bonds is 4. The third-order valence-corrected chi connectivity index (χ3v) is 15.0. The van der Waals surface area contributed by atoms with Crippen molar-refractivity contribution in [2.24, 2.45) is 71.0 Å². The summed E-state index contributed by atoms with van der Waals surface area (Å²) < 4.78 is 13.1. The minimum Gasteiger partial charge on any atom is -0.396 e. The SMILES string of the molecule is CC(C)C1CCC(C)C2CCC(C)C3CCC(C)C4CC5(CCC4CCCC3CCCC2CCCC1C)OCC(CCCO)O5. The summed E-state index contributed by atoms with van der Waals surface area (Å²) in [6.07, 6.45) is 27.4. The van der Waals surface area contributed by atoms with Gasteiger partial charge in [-0.25, -0.2) is 0 Å². The van der Waals surface area contributed by atoms with Gasteiger partial charge in [-0.3, -0.25) is 0 Å². The van der Waals surface area contributed by atoms with E-state index in [9.17, 15) is 5.11 Å². The van der Waals surface area contributed by atoms with Crippen LogP contribution in [0.25, 0.3) is 0 Å². The van der Waals surface area contributed by atoms with Crippen molar-refractivity contribution in [3.8, 4) is 0 Å². The van der Waals surface area contributed by atoms with Crippen LogP contribution in [-0.2, 0) is 9.47 Å². The van der Waals surface area contributed by atoms with Gasteiger partial charge in [-0.2, -0.15) is 0 Å². The van der Waals surface area contributed by atoms with Gasteiger partial charge in [0.15, 0.2) is 5.79 Å². The number of ether oxygens (including phenoxy) is 2. The highest BCUT2D eigenvalue weighted by Gasteiger charge is 2.49. The summed E-state index contributed by atoms with van der Waals surface area (Å²) in [5, 5.41) is 9.33. The second-order valence-corrected chi connectivity index (χ2v) is 18.2. The smallest absolute Gasteiger partial charge is 0.169 e. The Kier molecular flexibility index (Phi) is 13.7. The fourth-order valence-corrected chi connectivity index (χ4v) is 12.2. The third-order valence-electron chi connectivity index (χ3n) is 15.0. The zero-order chi connectivity index (χ0) is 32.0. The lowest BCUT2D eigenvalue weighted by Crippen LogP contribution is -2.43. The molecule has 1 saturated heterocycles. The molecule has 3 nitrogen and oxygen atoms in total. The summed E-state index contributed by atoms with van der Waals surface area (Å²) in [6.45, 7) is 16.5. The maximum atomic E-state index is 9.33. The standard InChI is InChI=1S/C42H76O3/c1-29(2)38-21-18-31(4)39-22-19-32(5)40-23-20-33(6)41-27-42(44-28-37(45-42)17-10-26-43)25-24-36(41)16-9-15-35(40)14-8-13-34(39)12-7-11-30(38)3/h29-41,43H,7-28H2,1-6H3. The van der Waals surface area contributed by atoms with Crippen LogP contribution in [0.15, 0.2) is 0 Å². The van der Waals surface area contributed by atoms with Crippen LogP contribution in [0.2, 0.25) is 0 Å². The Morgan fingerprint density at radius 3 is 1.73 bits per heavy atom. The molecule has 4 saturated carbocycles. The molecule has 4 aliphatic carbocycles. The second kappa shape index (κ2) is 17.0. The van der Waals surface area contributed by atoms with Gasteiger partial charge in [0.25, 0.3) is 0 Å². The molecule has 0 aromatic rings. The first kappa shape index (κ1) is 36.2. The Balaban J connectivity index is 1.23.